The summed E-state index contributed by atoms with van der Waals surface area (Å²) in [5.74, 6) is 0.0173. The summed E-state index contributed by atoms with van der Waals surface area (Å²) in [5.41, 5.74) is 5.23. The topological polar surface area (TPSA) is 73.4 Å². The van der Waals surface area contributed by atoms with Crippen molar-refractivity contribution in [3.63, 3.8) is 0 Å². The molecule has 0 aliphatic heterocycles. The SMILES string of the molecule is CCCN(CC(=N)N)C(=O)N(C)C. The first-order valence-corrected chi connectivity index (χ1v) is 4.28. The fourth-order valence-electron chi connectivity index (χ4n) is 1.00. The molecule has 13 heavy (non-hydrogen) atoms. The van der Waals surface area contributed by atoms with Gasteiger partial charge in [0.1, 0.15) is 5.84 Å². The van der Waals surface area contributed by atoms with Crippen molar-refractivity contribution >= 4 is 11.9 Å². The van der Waals surface area contributed by atoms with Crippen molar-refractivity contribution < 1.29 is 4.79 Å². The molecular formula is C8H18N4O. The Balaban J connectivity index is 4.23. The monoisotopic (exact) mass is 186 g/mol. The van der Waals surface area contributed by atoms with Gasteiger partial charge in [-0.25, -0.2) is 4.79 Å². The van der Waals surface area contributed by atoms with E-state index in [9.17, 15) is 4.79 Å². The van der Waals surface area contributed by atoms with E-state index >= 15 is 0 Å². The van der Waals surface area contributed by atoms with Gasteiger partial charge in [0.25, 0.3) is 0 Å². The molecule has 0 saturated carbocycles. The summed E-state index contributed by atoms with van der Waals surface area (Å²) in [4.78, 5) is 14.5. The Morgan fingerprint density at radius 2 is 2.00 bits per heavy atom. The molecule has 0 saturated heterocycles. The molecule has 0 unspecified atom stereocenters. The third-order valence-corrected chi connectivity index (χ3v) is 1.51. The molecular weight excluding hydrogens is 168 g/mol. The van der Waals surface area contributed by atoms with Crippen LogP contribution in [-0.4, -0.2) is 48.9 Å². The molecule has 0 aromatic carbocycles. The average molecular weight is 186 g/mol. The van der Waals surface area contributed by atoms with Gasteiger partial charge in [-0.15, -0.1) is 0 Å². The highest BCUT2D eigenvalue weighted by Gasteiger charge is 2.14. The largest absolute Gasteiger partial charge is 0.386 e. The van der Waals surface area contributed by atoms with Gasteiger partial charge in [0.2, 0.25) is 0 Å². The number of nitrogens with zero attached hydrogens (tertiary/aromatic N) is 2. The first kappa shape index (κ1) is 11.7. The average Bonchev–Trinajstić information content (AvgIpc) is 2.01. The zero-order valence-corrected chi connectivity index (χ0v) is 8.50. The van der Waals surface area contributed by atoms with Crippen LogP contribution >= 0.6 is 0 Å². The molecule has 2 amide bonds. The van der Waals surface area contributed by atoms with Crippen molar-refractivity contribution in [2.75, 3.05) is 27.2 Å². The van der Waals surface area contributed by atoms with Crippen molar-refractivity contribution in [2.24, 2.45) is 5.73 Å². The third-order valence-electron chi connectivity index (χ3n) is 1.51. The second kappa shape index (κ2) is 5.40. The number of carbonyl (C=O) groups excluding carboxylic acids is 1. The van der Waals surface area contributed by atoms with Gasteiger partial charge in [-0.05, 0) is 6.42 Å². The number of urea groups is 1. The van der Waals surface area contributed by atoms with Crippen molar-refractivity contribution in [3.05, 3.63) is 0 Å². The van der Waals surface area contributed by atoms with Crippen LogP contribution in [-0.2, 0) is 0 Å². The zero-order valence-electron chi connectivity index (χ0n) is 8.50. The maximum absolute atomic E-state index is 11.5. The summed E-state index contributed by atoms with van der Waals surface area (Å²) in [5, 5.41) is 7.10. The quantitative estimate of drug-likeness (QED) is 0.490. The van der Waals surface area contributed by atoms with E-state index in [0.29, 0.717) is 6.54 Å². The minimum atomic E-state index is -0.1000. The lowest BCUT2D eigenvalue weighted by Crippen LogP contribution is -2.43. The lowest BCUT2D eigenvalue weighted by atomic mass is 10.4. The summed E-state index contributed by atoms with van der Waals surface area (Å²) in [6.45, 7) is 2.83. The maximum Gasteiger partial charge on any atom is 0.319 e. The predicted molar refractivity (Wildman–Crippen MR) is 52.9 cm³/mol. The molecule has 0 heterocycles. The van der Waals surface area contributed by atoms with Gasteiger partial charge in [-0.1, -0.05) is 6.92 Å². The number of nitrogens with one attached hydrogen (secondary N) is 1. The minimum absolute atomic E-state index is 0.0173. The van der Waals surface area contributed by atoms with E-state index in [4.69, 9.17) is 11.1 Å². The highest BCUT2D eigenvalue weighted by atomic mass is 16.2. The number of hydrogen-bond donors (Lipinski definition) is 2. The number of nitrogens with two attached hydrogens (primary N) is 1. The van der Waals surface area contributed by atoms with E-state index in [-0.39, 0.29) is 18.4 Å². The zero-order chi connectivity index (χ0) is 10.4. The maximum atomic E-state index is 11.5. The Hall–Kier alpha value is -1.26. The number of amides is 2. The van der Waals surface area contributed by atoms with Crippen LogP contribution in [0.2, 0.25) is 0 Å². The molecule has 0 rings (SSSR count). The summed E-state index contributed by atoms with van der Waals surface area (Å²) >= 11 is 0. The van der Waals surface area contributed by atoms with E-state index in [0.717, 1.165) is 6.42 Å². The number of rotatable bonds is 4. The normalized spacial score (nSPS) is 9.46. The molecule has 0 radical (unpaired) electrons. The molecule has 0 bridgehead atoms. The summed E-state index contributed by atoms with van der Waals surface area (Å²) in [6, 6.07) is -0.1000. The molecule has 0 aliphatic rings. The van der Waals surface area contributed by atoms with E-state index in [1.165, 1.54) is 4.90 Å². The van der Waals surface area contributed by atoms with Crippen molar-refractivity contribution in [1.82, 2.24) is 9.80 Å². The van der Waals surface area contributed by atoms with Crippen molar-refractivity contribution in [3.8, 4) is 0 Å². The van der Waals surface area contributed by atoms with Gasteiger partial charge in [-0.3, -0.25) is 5.41 Å². The van der Waals surface area contributed by atoms with Crippen molar-refractivity contribution in [1.29, 1.82) is 5.41 Å². The van der Waals surface area contributed by atoms with Crippen LogP contribution in [0.3, 0.4) is 0 Å². The van der Waals surface area contributed by atoms with Crippen LogP contribution in [0.5, 0.6) is 0 Å². The first-order valence-electron chi connectivity index (χ1n) is 4.28. The van der Waals surface area contributed by atoms with E-state index in [2.05, 4.69) is 0 Å². The van der Waals surface area contributed by atoms with E-state index in [1.807, 2.05) is 6.92 Å². The Morgan fingerprint density at radius 1 is 1.46 bits per heavy atom. The predicted octanol–water partition coefficient (Wildman–Crippen LogP) is 0.316. The van der Waals surface area contributed by atoms with Gasteiger partial charge < -0.3 is 15.5 Å². The molecule has 0 aromatic heterocycles. The molecule has 0 aliphatic carbocycles. The molecule has 0 spiro atoms. The Bertz CT molecular complexity index is 191. The van der Waals surface area contributed by atoms with Gasteiger partial charge in [-0.2, -0.15) is 0 Å². The molecule has 5 heteroatoms. The van der Waals surface area contributed by atoms with Crippen LogP contribution in [0, 0.1) is 5.41 Å². The highest BCUT2D eigenvalue weighted by molar-refractivity contribution is 5.84. The number of hydrogen-bond acceptors (Lipinski definition) is 2. The lowest BCUT2D eigenvalue weighted by molar-refractivity contribution is 0.178. The number of carbonyl (C=O) groups is 1. The Kier molecular flexibility index (Phi) is 4.87. The minimum Gasteiger partial charge on any atom is -0.386 e. The van der Waals surface area contributed by atoms with Gasteiger partial charge in [0.05, 0.1) is 6.54 Å². The lowest BCUT2D eigenvalue weighted by Gasteiger charge is -2.24. The van der Waals surface area contributed by atoms with Crippen LogP contribution in [0.25, 0.3) is 0 Å². The molecule has 5 nitrogen and oxygen atoms in total. The Labute approximate surface area is 79.0 Å². The molecule has 0 aromatic rings. The summed E-state index contributed by atoms with van der Waals surface area (Å²) in [6.07, 6.45) is 0.868. The van der Waals surface area contributed by atoms with Gasteiger partial charge >= 0.3 is 6.03 Å². The van der Waals surface area contributed by atoms with E-state index in [1.54, 1.807) is 19.0 Å². The van der Waals surface area contributed by atoms with Gasteiger partial charge in [0.15, 0.2) is 0 Å². The smallest absolute Gasteiger partial charge is 0.319 e. The fraction of sp³-hybridized carbons (Fsp3) is 0.750. The van der Waals surface area contributed by atoms with Crippen LogP contribution in [0.15, 0.2) is 0 Å². The Morgan fingerprint density at radius 3 is 2.31 bits per heavy atom. The molecule has 76 valence electrons. The second-order valence-electron chi connectivity index (χ2n) is 3.12. The standard InChI is InChI=1S/C8H18N4O/c1-4-5-12(6-7(9)10)8(13)11(2)3/h4-6H2,1-3H3,(H3,9,10). The molecule has 0 atom stereocenters. The summed E-state index contributed by atoms with van der Waals surface area (Å²) in [7, 11) is 3.37. The summed E-state index contributed by atoms with van der Waals surface area (Å²) < 4.78 is 0. The first-order chi connectivity index (χ1) is 5.99. The third kappa shape index (κ3) is 4.35. The van der Waals surface area contributed by atoms with Gasteiger partial charge in [0, 0.05) is 20.6 Å². The van der Waals surface area contributed by atoms with Crippen LogP contribution in [0.1, 0.15) is 13.3 Å². The molecule has 0 fully saturated rings. The second-order valence-corrected chi connectivity index (χ2v) is 3.12. The fourth-order valence-corrected chi connectivity index (χ4v) is 1.00. The number of amidine groups is 1. The van der Waals surface area contributed by atoms with Crippen molar-refractivity contribution in [2.45, 2.75) is 13.3 Å². The highest BCUT2D eigenvalue weighted by Crippen LogP contribution is 1.96. The van der Waals surface area contributed by atoms with Crippen LogP contribution in [0.4, 0.5) is 4.79 Å². The van der Waals surface area contributed by atoms with E-state index < -0.39 is 0 Å². The molecule has 3 N–H and O–H groups in total. The van der Waals surface area contributed by atoms with Crippen LogP contribution < -0.4 is 5.73 Å².